The van der Waals surface area contributed by atoms with Gasteiger partial charge in [-0.25, -0.2) is 0 Å². The average molecular weight is 338 g/mol. The van der Waals surface area contributed by atoms with Crippen molar-refractivity contribution in [2.75, 3.05) is 19.6 Å². The third-order valence-corrected chi connectivity index (χ3v) is 5.67. The van der Waals surface area contributed by atoms with E-state index in [-0.39, 0.29) is 17.4 Å². The molecule has 1 saturated carbocycles. The number of carbonyl (C=O) groups is 1. The van der Waals surface area contributed by atoms with Gasteiger partial charge in [-0.05, 0) is 56.5 Å². The Kier molecular flexibility index (Phi) is 4.62. The number of hydrogen-bond donors (Lipinski definition) is 1. The number of furan rings is 1. The summed E-state index contributed by atoms with van der Waals surface area (Å²) in [5, 5.41) is 3.23. The first-order chi connectivity index (χ1) is 12.3. The molecule has 1 aliphatic carbocycles. The fourth-order valence-corrected chi connectivity index (χ4v) is 4.01. The summed E-state index contributed by atoms with van der Waals surface area (Å²) in [4.78, 5) is 15.4. The molecule has 4 rings (SSSR count). The van der Waals surface area contributed by atoms with Crippen molar-refractivity contribution in [2.45, 2.75) is 43.6 Å². The van der Waals surface area contributed by atoms with E-state index in [9.17, 15) is 4.79 Å². The lowest BCUT2D eigenvalue weighted by molar-refractivity contribution is -0.123. The number of benzene rings is 1. The minimum absolute atomic E-state index is 0.130. The van der Waals surface area contributed by atoms with Crippen molar-refractivity contribution in [2.24, 2.45) is 0 Å². The van der Waals surface area contributed by atoms with Crippen molar-refractivity contribution in [3.63, 3.8) is 0 Å². The van der Waals surface area contributed by atoms with Crippen molar-refractivity contribution in [1.29, 1.82) is 0 Å². The van der Waals surface area contributed by atoms with Gasteiger partial charge in [-0.3, -0.25) is 9.69 Å². The molecule has 0 bridgehead atoms. The molecule has 1 aromatic carbocycles. The summed E-state index contributed by atoms with van der Waals surface area (Å²) in [7, 11) is 0. The Bertz CT molecular complexity index is 686. The summed E-state index contributed by atoms with van der Waals surface area (Å²) < 4.78 is 5.67. The Morgan fingerprint density at radius 3 is 2.48 bits per heavy atom. The quantitative estimate of drug-likeness (QED) is 0.874. The fraction of sp³-hybridized carbons (Fsp3) is 0.476. The second kappa shape index (κ2) is 7.04. The highest BCUT2D eigenvalue weighted by atomic mass is 16.3. The molecule has 4 heteroatoms. The van der Waals surface area contributed by atoms with Gasteiger partial charge in [0.25, 0.3) is 0 Å². The zero-order valence-corrected chi connectivity index (χ0v) is 14.6. The highest BCUT2D eigenvalue weighted by molar-refractivity contribution is 5.91. The molecule has 2 aromatic rings. The minimum Gasteiger partial charge on any atom is -0.468 e. The molecular formula is C21H26N2O2. The molecule has 1 amide bonds. The van der Waals surface area contributed by atoms with Gasteiger partial charge in [0.1, 0.15) is 5.76 Å². The van der Waals surface area contributed by atoms with Gasteiger partial charge in [0.15, 0.2) is 0 Å². The van der Waals surface area contributed by atoms with Crippen LogP contribution in [0.25, 0.3) is 0 Å². The van der Waals surface area contributed by atoms with Crippen LogP contribution in [0, 0.1) is 0 Å². The normalized spacial score (nSPS) is 20.8. The highest BCUT2D eigenvalue weighted by Crippen LogP contribution is 2.48. The van der Waals surface area contributed by atoms with Gasteiger partial charge >= 0.3 is 0 Å². The van der Waals surface area contributed by atoms with E-state index in [1.54, 1.807) is 6.26 Å². The predicted octanol–water partition coefficient (Wildman–Crippen LogP) is 3.65. The van der Waals surface area contributed by atoms with E-state index in [4.69, 9.17) is 4.42 Å². The largest absolute Gasteiger partial charge is 0.468 e. The molecule has 1 aromatic heterocycles. The van der Waals surface area contributed by atoms with Crippen molar-refractivity contribution in [3.05, 3.63) is 60.1 Å². The first kappa shape index (κ1) is 16.4. The van der Waals surface area contributed by atoms with Gasteiger partial charge in [0, 0.05) is 6.54 Å². The Morgan fingerprint density at radius 2 is 1.84 bits per heavy atom. The van der Waals surface area contributed by atoms with Crippen LogP contribution in [0.5, 0.6) is 0 Å². The number of rotatable bonds is 6. The maximum Gasteiger partial charge on any atom is 0.230 e. The topological polar surface area (TPSA) is 45.5 Å². The predicted molar refractivity (Wildman–Crippen MR) is 97.2 cm³/mol. The molecule has 2 heterocycles. The lowest BCUT2D eigenvalue weighted by Gasteiger charge is -2.33. The molecule has 1 N–H and O–H groups in total. The van der Waals surface area contributed by atoms with Crippen LogP contribution in [0.15, 0.2) is 53.1 Å². The van der Waals surface area contributed by atoms with Crippen LogP contribution in [0.2, 0.25) is 0 Å². The second-order valence-electron chi connectivity index (χ2n) is 7.29. The summed E-state index contributed by atoms with van der Waals surface area (Å²) in [5.74, 6) is 1.11. The number of amides is 1. The smallest absolute Gasteiger partial charge is 0.230 e. The first-order valence-electron chi connectivity index (χ1n) is 9.41. The van der Waals surface area contributed by atoms with Crippen molar-refractivity contribution < 1.29 is 9.21 Å². The SMILES string of the molecule is O=C(NC[C@@H](c1ccco1)N1CCCCC1)C1(c2ccccc2)CC1. The molecule has 2 fully saturated rings. The molecule has 0 radical (unpaired) electrons. The van der Waals surface area contributed by atoms with E-state index in [1.807, 2.05) is 30.3 Å². The van der Waals surface area contributed by atoms with Crippen molar-refractivity contribution in [3.8, 4) is 0 Å². The molecule has 25 heavy (non-hydrogen) atoms. The number of hydrogen-bond acceptors (Lipinski definition) is 3. The summed E-state index contributed by atoms with van der Waals surface area (Å²) in [6.45, 7) is 2.76. The van der Waals surface area contributed by atoms with Crippen molar-refractivity contribution in [1.82, 2.24) is 10.2 Å². The van der Waals surface area contributed by atoms with Gasteiger partial charge < -0.3 is 9.73 Å². The molecule has 0 spiro atoms. The summed E-state index contributed by atoms with van der Waals surface area (Å²) in [6, 6.07) is 14.3. The number of nitrogens with one attached hydrogen (secondary N) is 1. The number of carbonyl (C=O) groups excluding carboxylic acids is 1. The van der Waals surface area contributed by atoms with Crippen LogP contribution >= 0.6 is 0 Å². The molecule has 2 aliphatic rings. The molecule has 1 aliphatic heterocycles. The van der Waals surface area contributed by atoms with Gasteiger partial charge in [0.2, 0.25) is 5.91 Å². The summed E-state index contributed by atoms with van der Waals surface area (Å²) >= 11 is 0. The number of piperidine rings is 1. The molecule has 132 valence electrons. The van der Waals surface area contributed by atoms with Crippen LogP contribution in [0.4, 0.5) is 0 Å². The lowest BCUT2D eigenvalue weighted by Crippen LogP contribution is -2.43. The monoisotopic (exact) mass is 338 g/mol. The van der Waals surface area contributed by atoms with Crippen LogP contribution in [-0.2, 0) is 10.2 Å². The third-order valence-electron chi connectivity index (χ3n) is 5.67. The van der Waals surface area contributed by atoms with Gasteiger partial charge in [0.05, 0.1) is 17.7 Å². The number of likely N-dealkylation sites (tertiary alicyclic amines) is 1. The van der Waals surface area contributed by atoms with Crippen LogP contribution in [0.3, 0.4) is 0 Å². The van der Waals surface area contributed by atoms with Gasteiger partial charge in [-0.1, -0.05) is 36.8 Å². The van der Waals surface area contributed by atoms with E-state index < -0.39 is 0 Å². The molecular weight excluding hydrogens is 312 g/mol. The van der Waals surface area contributed by atoms with Crippen molar-refractivity contribution >= 4 is 5.91 Å². The lowest BCUT2D eigenvalue weighted by atomic mass is 9.95. The van der Waals surface area contributed by atoms with E-state index in [0.717, 1.165) is 37.3 Å². The molecule has 0 unspecified atom stereocenters. The Morgan fingerprint density at radius 1 is 1.08 bits per heavy atom. The maximum absolute atomic E-state index is 12.9. The molecule has 4 nitrogen and oxygen atoms in total. The Labute approximate surface area is 149 Å². The maximum atomic E-state index is 12.9. The van der Waals surface area contributed by atoms with Gasteiger partial charge in [-0.2, -0.15) is 0 Å². The molecule has 1 saturated heterocycles. The van der Waals surface area contributed by atoms with Gasteiger partial charge in [-0.15, -0.1) is 0 Å². The van der Waals surface area contributed by atoms with E-state index in [1.165, 1.54) is 19.3 Å². The van der Waals surface area contributed by atoms with E-state index in [0.29, 0.717) is 6.54 Å². The highest BCUT2D eigenvalue weighted by Gasteiger charge is 2.51. The zero-order chi connectivity index (χ0) is 17.1. The van der Waals surface area contributed by atoms with E-state index in [2.05, 4.69) is 22.3 Å². The minimum atomic E-state index is -0.309. The fourth-order valence-electron chi connectivity index (χ4n) is 4.01. The summed E-state index contributed by atoms with van der Waals surface area (Å²) in [6.07, 6.45) is 7.35. The van der Waals surface area contributed by atoms with Crippen LogP contribution in [0.1, 0.15) is 49.5 Å². The van der Waals surface area contributed by atoms with Crippen LogP contribution in [-0.4, -0.2) is 30.4 Å². The standard InChI is InChI=1S/C21H26N2O2/c24-20(21(11-12-21)17-8-3-1-4-9-17)22-16-18(19-10-7-15-25-19)23-13-5-2-6-14-23/h1,3-4,7-10,15,18H,2,5-6,11-14,16H2,(H,22,24)/t18-/m0/s1. The zero-order valence-electron chi connectivity index (χ0n) is 14.6. The second-order valence-corrected chi connectivity index (χ2v) is 7.29. The first-order valence-corrected chi connectivity index (χ1v) is 9.41. The average Bonchev–Trinajstić information content (AvgIpc) is 3.32. The Balaban J connectivity index is 1.45. The number of nitrogens with zero attached hydrogens (tertiary/aromatic N) is 1. The van der Waals surface area contributed by atoms with E-state index >= 15 is 0 Å². The molecule has 1 atom stereocenters. The summed E-state index contributed by atoms with van der Waals surface area (Å²) in [5.41, 5.74) is 0.830. The van der Waals surface area contributed by atoms with Crippen LogP contribution < -0.4 is 5.32 Å². The third kappa shape index (κ3) is 3.36. The Hall–Kier alpha value is -2.07.